The summed E-state index contributed by atoms with van der Waals surface area (Å²) in [6.07, 6.45) is 3.37. The lowest BCUT2D eigenvalue weighted by Gasteiger charge is -2.27. The predicted octanol–water partition coefficient (Wildman–Crippen LogP) is 2.42. The highest BCUT2D eigenvalue weighted by atomic mass is 16.3. The summed E-state index contributed by atoms with van der Waals surface area (Å²) in [6.45, 7) is 4.42. The number of aliphatic hydroxyl groups excluding tert-OH is 1. The van der Waals surface area contributed by atoms with Gasteiger partial charge in [0.25, 0.3) is 0 Å². The predicted molar refractivity (Wildman–Crippen MR) is 90.1 cm³/mol. The summed E-state index contributed by atoms with van der Waals surface area (Å²) in [5.74, 6) is -1.01. The van der Waals surface area contributed by atoms with Crippen LogP contribution in [-0.4, -0.2) is 29.6 Å². The number of carbonyl (C=O) groups is 2. The van der Waals surface area contributed by atoms with Crippen LogP contribution < -0.4 is 10.6 Å². The Morgan fingerprint density at radius 2 is 1.87 bits per heavy atom. The molecule has 5 nitrogen and oxygen atoms in total. The number of carbonyl (C=O) groups excluding carboxylic acids is 2. The van der Waals surface area contributed by atoms with Crippen molar-refractivity contribution in [1.29, 1.82) is 0 Å². The van der Waals surface area contributed by atoms with Crippen LogP contribution in [0.2, 0.25) is 0 Å². The standard InChI is InChI=1S/C18H26N2O3/c1-12(2)14-8-4-5-9-15(14)20-18(23)17(22)19-11-13-7-3-6-10-16(13)21/h4-5,8-9,12-13,16,21H,3,6-7,10-11H2,1-2H3,(H,19,22)(H,20,23). The molecule has 2 amide bonds. The van der Waals surface area contributed by atoms with Crippen molar-refractivity contribution in [3.8, 4) is 0 Å². The molecule has 1 saturated carbocycles. The first-order valence-corrected chi connectivity index (χ1v) is 8.35. The zero-order valence-electron chi connectivity index (χ0n) is 13.8. The summed E-state index contributed by atoms with van der Waals surface area (Å²) in [4.78, 5) is 24.0. The molecule has 1 aromatic carbocycles. The van der Waals surface area contributed by atoms with Gasteiger partial charge in [0.05, 0.1) is 6.10 Å². The van der Waals surface area contributed by atoms with Gasteiger partial charge in [-0.25, -0.2) is 0 Å². The highest BCUT2D eigenvalue weighted by Gasteiger charge is 2.24. The fourth-order valence-electron chi connectivity index (χ4n) is 3.02. The van der Waals surface area contributed by atoms with Crippen molar-refractivity contribution in [2.45, 2.75) is 51.6 Å². The summed E-state index contributed by atoms with van der Waals surface area (Å²) < 4.78 is 0. The lowest BCUT2D eigenvalue weighted by molar-refractivity contribution is -0.136. The van der Waals surface area contributed by atoms with Gasteiger partial charge in [-0.2, -0.15) is 0 Å². The van der Waals surface area contributed by atoms with E-state index in [0.29, 0.717) is 12.2 Å². The molecule has 1 aromatic rings. The van der Waals surface area contributed by atoms with Crippen molar-refractivity contribution >= 4 is 17.5 Å². The van der Waals surface area contributed by atoms with Gasteiger partial charge in [0.15, 0.2) is 0 Å². The van der Waals surface area contributed by atoms with E-state index in [1.807, 2.05) is 32.0 Å². The Kier molecular flexibility index (Phi) is 6.16. The van der Waals surface area contributed by atoms with E-state index in [0.717, 1.165) is 31.2 Å². The highest BCUT2D eigenvalue weighted by molar-refractivity contribution is 6.39. The summed E-state index contributed by atoms with van der Waals surface area (Å²) in [7, 11) is 0. The zero-order chi connectivity index (χ0) is 16.8. The van der Waals surface area contributed by atoms with Gasteiger partial charge in [0, 0.05) is 18.2 Å². The quantitative estimate of drug-likeness (QED) is 0.746. The number of anilines is 1. The molecule has 0 heterocycles. The fraction of sp³-hybridized carbons (Fsp3) is 0.556. The Bertz CT molecular complexity index is 557. The van der Waals surface area contributed by atoms with Crippen LogP contribution in [0.25, 0.3) is 0 Å². The molecule has 1 aliphatic rings. The first-order chi connectivity index (χ1) is 11.0. The van der Waals surface area contributed by atoms with Crippen LogP contribution in [0.1, 0.15) is 51.0 Å². The molecule has 126 valence electrons. The van der Waals surface area contributed by atoms with E-state index in [9.17, 15) is 14.7 Å². The third-order valence-corrected chi connectivity index (χ3v) is 4.43. The number of para-hydroxylation sites is 1. The SMILES string of the molecule is CC(C)c1ccccc1NC(=O)C(=O)NCC1CCCCC1O. The van der Waals surface area contributed by atoms with Crippen molar-refractivity contribution in [3.63, 3.8) is 0 Å². The largest absolute Gasteiger partial charge is 0.393 e. The molecule has 3 N–H and O–H groups in total. The molecule has 0 aliphatic heterocycles. The van der Waals surface area contributed by atoms with E-state index in [2.05, 4.69) is 10.6 Å². The second kappa shape index (κ2) is 8.11. The molecule has 23 heavy (non-hydrogen) atoms. The Labute approximate surface area is 137 Å². The Morgan fingerprint density at radius 1 is 1.17 bits per heavy atom. The molecule has 1 aliphatic carbocycles. The van der Waals surface area contributed by atoms with Gasteiger partial charge in [-0.15, -0.1) is 0 Å². The molecule has 0 radical (unpaired) electrons. The number of hydrogen-bond donors (Lipinski definition) is 3. The zero-order valence-corrected chi connectivity index (χ0v) is 13.8. The third kappa shape index (κ3) is 4.79. The van der Waals surface area contributed by atoms with E-state index in [1.54, 1.807) is 6.07 Å². The molecule has 2 unspecified atom stereocenters. The van der Waals surface area contributed by atoms with Crippen molar-refractivity contribution in [2.24, 2.45) is 5.92 Å². The number of nitrogens with one attached hydrogen (secondary N) is 2. The topological polar surface area (TPSA) is 78.4 Å². The summed E-state index contributed by atoms with van der Waals surface area (Å²) in [5, 5.41) is 15.2. The average Bonchev–Trinajstić information content (AvgIpc) is 2.54. The molecule has 0 aromatic heterocycles. The monoisotopic (exact) mass is 318 g/mol. The average molecular weight is 318 g/mol. The van der Waals surface area contributed by atoms with Crippen molar-refractivity contribution in [1.82, 2.24) is 5.32 Å². The van der Waals surface area contributed by atoms with E-state index >= 15 is 0 Å². The minimum atomic E-state index is -0.664. The Balaban J connectivity index is 1.89. The van der Waals surface area contributed by atoms with Crippen molar-refractivity contribution in [2.75, 3.05) is 11.9 Å². The van der Waals surface area contributed by atoms with Crippen LogP contribution in [0.5, 0.6) is 0 Å². The molecular formula is C18H26N2O3. The molecular weight excluding hydrogens is 292 g/mol. The Morgan fingerprint density at radius 3 is 2.57 bits per heavy atom. The summed E-state index contributed by atoms with van der Waals surface area (Å²) in [5.41, 5.74) is 1.66. The fourth-order valence-corrected chi connectivity index (χ4v) is 3.02. The van der Waals surface area contributed by atoms with Gasteiger partial charge in [-0.1, -0.05) is 44.9 Å². The maximum absolute atomic E-state index is 12.1. The lowest BCUT2D eigenvalue weighted by Crippen LogP contribution is -2.41. The number of amides is 2. The van der Waals surface area contributed by atoms with Crippen LogP contribution in [0.15, 0.2) is 24.3 Å². The highest BCUT2D eigenvalue weighted by Crippen LogP contribution is 2.24. The van der Waals surface area contributed by atoms with E-state index in [-0.39, 0.29) is 17.9 Å². The van der Waals surface area contributed by atoms with Crippen LogP contribution in [-0.2, 0) is 9.59 Å². The van der Waals surface area contributed by atoms with E-state index in [4.69, 9.17) is 0 Å². The Hall–Kier alpha value is -1.88. The number of benzene rings is 1. The summed E-state index contributed by atoms with van der Waals surface area (Å²) >= 11 is 0. The van der Waals surface area contributed by atoms with Gasteiger partial charge in [0.2, 0.25) is 0 Å². The molecule has 0 spiro atoms. The maximum atomic E-state index is 12.1. The second-order valence-electron chi connectivity index (χ2n) is 6.52. The normalized spacial score (nSPS) is 21.0. The van der Waals surface area contributed by atoms with Crippen LogP contribution >= 0.6 is 0 Å². The molecule has 1 fully saturated rings. The van der Waals surface area contributed by atoms with Crippen molar-refractivity contribution in [3.05, 3.63) is 29.8 Å². The minimum absolute atomic E-state index is 0.0449. The second-order valence-corrected chi connectivity index (χ2v) is 6.52. The molecule has 0 saturated heterocycles. The maximum Gasteiger partial charge on any atom is 0.313 e. The molecule has 2 rings (SSSR count). The van der Waals surface area contributed by atoms with Gasteiger partial charge in [0.1, 0.15) is 0 Å². The third-order valence-electron chi connectivity index (χ3n) is 4.43. The van der Waals surface area contributed by atoms with Crippen LogP contribution in [0, 0.1) is 5.92 Å². The lowest BCUT2D eigenvalue weighted by atomic mass is 9.86. The molecule has 2 atom stereocenters. The number of hydrogen-bond acceptors (Lipinski definition) is 3. The first-order valence-electron chi connectivity index (χ1n) is 8.35. The summed E-state index contributed by atoms with van der Waals surface area (Å²) in [6, 6.07) is 7.48. The van der Waals surface area contributed by atoms with Gasteiger partial charge < -0.3 is 15.7 Å². The van der Waals surface area contributed by atoms with Crippen molar-refractivity contribution < 1.29 is 14.7 Å². The minimum Gasteiger partial charge on any atom is -0.393 e. The van der Waals surface area contributed by atoms with E-state index < -0.39 is 11.8 Å². The van der Waals surface area contributed by atoms with Crippen LogP contribution in [0.4, 0.5) is 5.69 Å². The molecule has 5 heteroatoms. The molecule has 0 bridgehead atoms. The number of rotatable bonds is 4. The number of aliphatic hydroxyl groups is 1. The van der Waals surface area contributed by atoms with Gasteiger partial charge in [-0.3, -0.25) is 9.59 Å². The first kappa shape index (κ1) is 17.5. The smallest absolute Gasteiger partial charge is 0.313 e. The van der Waals surface area contributed by atoms with E-state index in [1.165, 1.54) is 0 Å². The van der Waals surface area contributed by atoms with Gasteiger partial charge in [-0.05, 0) is 30.4 Å². The van der Waals surface area contributed by atoms with Gasteiger partial charge >= 0.3 is 11.8 Å². The van der Waals surface area contributed by atoms with Crippen LogP contribution in [0.3, 0.4) is 0 Å².